The SMILES string of the molecule is CC(C)NC(=O)c1cnc2scc(-c3ccc(Cl)cc3)n2c1=O. The summed E-state index contributed by atoms with van der Waals surface area (Å²) in [5.41, 5.74) is 1.19. The van der Waals surface area contributed by atoms with E-state index in [1.165, 1.54) is 21.9 Å². The summed E-state index contributed by atoms with van der Waals surface area (Å²) in [5, 5.41) is 5.18. The van der Waals surface area contributed by atoms with Gasteiger partial charge in [0.2, 0.25) is 0 Å². The first-order valence-corrected chi connectivity index (χ1v) is 8.29. The first-order chi connectivity index (χ1) is 11.0. The third kappa shape index (κ3) is 3.00. The third-order valence-corrected chi connectivity index (χ3v) is 4.34. The van der Waals surface area contributed by atoms with E-state index in [2.05, 4.69) is 10.3 Å². The Hall–Kier alpha value is -2.18. The fraction of sp³-hybridized carbons (Fsp3) is 0.188. The van der Waals surface area contributed by atoms with Crippen LogP contribution >= 0.6 is 22.9 Å². The first kappa shape index (κ1) is 15.7. The molecule has 1 amide bonds. The second kappa shape index (κ2) is 6.14. The van der Waals surface area contributed by atoms with Crippen molar-refractivity contribution >= 4 is 33.8 Å². The third-order valence-electron chi connectivity index (χ3n) is 3.25. The van der Waals surface area contributed by atoms with Crippen molar-refractivity contribution in [3.05, 3.63) is 56.8 Å². The Kier molecular flexibility index (Phi) is 4.19. The highest BCUT2D eigenvalue weighted by Crippen LogP contribution is 2.25. The lowest BCUT2D eigenvalue weighted by Gasteiger charge is -2.08. The molecule has 2 heterocycles. The summed E-state index contributed by atoms with van der Waals surface area (Å²) < 4.78 is 1.46. The number of carbonyl (C=O) groups excluding carboxylic acids is 1. The minimum absolute atomic E-state index is 0.0322. The van der Waals surface area contributed by atoms with Crippen molar-refractivity contribution in [2.75, 3.05) is 0 Å². The van der Waals surface area contributed by atoms with E-state index >= 15 is 0 Å². The molecular formula is C16H14ClN3O2S. The van der Waals surface area contributed by atoms with Gasteiger partial charge < -0.3 is 5.32 Å². The van der Waals surface area contributed by atoms with Crippen LogP contribution in [0.5, 0.6) is 0 Å². The van der Waals surface area contributed by atoms with Gasteiger partial charge in [-0.05, 0) is 31.5 Å². The lowest BCUT2D eigenvalue weighted by molar-refractivity contribution is 0.0941. The van der Waals surface area contributed by atoms with E-state index in [9.17, 15) is 9.59 Å². The van der Waals surface area contributed by atoms with Crippen LogP contribution in [0, 0.1) is 0 Å². The molecule has 0 aliphatic heterocycles. The van der Waals surface area contributed by atoms with Gasteiger partial charge in [0, 0.05) is 22.6 Å². The average molecular weight is 348 g/mol. The zero-order valence-electron chi connectivity index (χ0n) is 12.5. The molecule has 0 fully saturated rings. The van der Waals surface area contributed by atoms with Gasteiger partial charge in [-0.25, -0.2) is 4.98 Å². The van der Waals surface area contributed by atoms with Crippen LogP contribution in [0.2, 0.25) is 5.02 Å². The minimum atomic E-state index is -0.417. The van der Waals surface area contributed by atoms with Crippen molar-refractivity contribution in [2.45, 2.75) is 19.9 Å². The Bertz CT molecular complexity index is 929. The molecule has 23 heavy (non-hydrogen) atoms. The molecule has 5 nitrogen and oxygen atoms in total. The zero-order chi connectivity index (χ0) is 16.6. The molecule has 1 N–H and O–H groups in total. The minimum Gasteiger partial charge on any atom is -0.350 e. The number of halogens is 1. The predicted octanol–water partition coefficient (Wildman–Crippen LogP) is 3.21. The van der Waals surface area contributed by atoms with Gasteiger partial charge in [0.15, 0.2) is 4.96 Å². The van der Waals surface area contributed by atoms with E-state index in [0.717, 1.165) is 5.56 Å². The van der Waals surface area contributed by atoms with Gasteiger partial charge >= 0.3 is 0 Å². The molecular weight excluding hydrogens is 334 g/mol. The van der Waals surface area contributed by atoms with Crippen LogP contribution in [0.4, 0.5) is 0 Å². The van der Waals surface area contributed by atoms with Crippen LogP contribution in [-0.2, 0) is 0 Å². The second-order valence-electron chi connectivity index (χ2n) is 5.35. The van der Waals surface area contributed by atoms with E-state index in [0.29, 0.717) is 15.7 Å². The smallest absolute Gasteiger partial charge is 0.271 e. The van der Waals surface area contributed by atoms with Crippen LogP contribution in [0.15, 0.2) is 40.6 Å². The number of carbonyl (C=O) groups is 1. The van der Waals surface area contributed by atoms with E-state index in [1.807, 2.05) is 31.4 Å². The molecule has 0 bridgehead atoms. The molecule has 118 valence electrons. The molecule has 0 spiro atoms. The standard InChI is InChI=1S/C16H14ClN3O2S/c1-9(2)19-14(21)12-7-18-16-20(15(12)22)13(8-23-16)10-3-5-11(17)6-4-10/h3-9H,1-2H3,(H,19,21). The normalized spacial score (nSPS) is 11.1. The largest absolute Gasteiger partial charge is 0.350 e. The number of hydrogen-bond donors (Lipinski definition) is 1. The van der Waals surface area contributed by atoms with Crippen LogP contribution < -0.4 is 10.9 Å². The highest BCUT2D eigenvalue weighted by molar-refractivity contribution is 7.15. The number of nitrogens with one attached hydrogen (secondary N) is 1. The molecule has 1 aromatic carbocycles. The number of thiazole rings is 1. The lowest BCUT2D eigenvalue weighted by atomic mass is 10.2. The van der Waals surface area contributed by atoms with Crippen molar-refractivity contribution in [2.24, 2.45) is 0 Å². The fourth-order valence-electron chi connectivity index (χ4n) is 2.21. The van der Waals surface area contributed by atoms with Crippen molar-refractivity contribution < 1.29 is 4.79 Å². The Balaban J connectivity index is 2.17. The molecule has 0 aliphatic carbocycles. The van der Waals surface area contributed by atoms with Crippen molar-refractivity contribution in [3.63, 3.8) is 0 Å². The van der Waals surface area contributed by atoms with Gasteiger partial charge in [0.25, 0.3) is 11.5 Å². The van der Waals surface area contributed by atoms with E-state index in [1.54, 1.807) is 12.1 Å². The number of fused-ring (bicyclic) bond motifs is 1. The molecule has 0 saturated heterocycles. The fourth-order valence-corrected chi connectivity index (χ4v) is 3.20. The molecule has 2 aromatic heterocycles. The summed E-state index contributed by atoms with van der Waals surface area (Å²) >= 11 is 7.26. The summed E-state index contributed by atoms with van der Waals surface area (Å²) in [6.45, 7) is 3.68. The van der Waals surface area contributed by atoms with Gasteiger partial charge in [0.05, 0.1) is 5.69 Å². The van der Waals surface area contributed by atoms with Crippen molar-refractivity contribution in [1.29, 1.82) is 0 Å². The number of nitrogens with zero attached hydrogens (tertiary/aromatic N) is 2. The Morgan fingerprint density at radius 3 is 2.65 bits per heavy atom. The molecule has 0 aliphatic rings. The maximum absolute atomic E-state index is 12.7. The highest BCUT2D eigenvalue weighted by atomic mass is 35.5. The molecule has 3 rings (SSSR count). The Morgan fingerprint density at radius 2 is 2.00 bits per heavy atom. The zero-order valence-corrected chi connectivity index (χ0v) is 14.1. The molecule has 0 unspecified atom stereocenters. The molecule has 0 saturated carbocycles. The van der Waals surface area contributed by atoms with E-state index in [4.69, 9.17) is 11.6 Å². The van der Waals surface area contributed by atoms with Gasteiger partial charge in [-0.2, -0.15) is 0 Å². The van der Waals surface area contributed by atoms with Crippen molar-refractivity contribution in [1.82, 2.24) is 14.7 Å². The van der Waals surface area contributed by atoms with Gasteiger partial charge in [-0.15, -0.1) is 11.3 Å². The quantitative estimate of drug-likeness (QED) is 0.791. The lowest BCUT2D eigenvalue weighted by Crippen LogP contribution is -2.35. The van der Waals surface area contributed by atoms with Gasteiger partial charge in [0.1, 0.15) is 5.56 Å². The maximum Gasteiger partial charge on any atom is 0.271 e. The van der Waals surface area contributed by atoms with Crippen LogP contribution in [0.25, 0.3) is 16.2 Å². The maximum atomic E-state index is 12.7. The Morgan fingerprint density at radius 1 is 1.30 bits per heavy atom. The van der Waals surface area contributed by atoms with Crippen molar-refractivity contribution in [3.8, 4) is 11.3 Å². The molecule has 7 heteroatoms. The summed E-state index contributed by atoms with van der Waals surface area (Å²) in [5.74, 6) is -0.417. The number of rotatable bonds is 3. The number of aromatic nitrogens is 2. The second-order valence-corrected chi connectivity index (χ2v) is 6.62. The first-order valence-electron chi connectivity index (χ1n) is 7.03. The molecule has 0 atom stereocenters. The van der Waals surface area contributed by atoms with E-state index < -0.39 is 5.91 Å². The number of hydrogen-bond acceptors (Lipinski definition) is 4. The van der Waals surface area contributed by atoms with Gasteiger partial charge in [-0.3, -0.25) is 14.0 Å². The van der Waals surface area contributed by atoms with Crippen LogP contribution in [0.1, 0.15) is 24.2 Å². The number of amides is 1. The summed E-state index contributed by atoms with van der Waals surface area (Å²) in [7, 11) is 0. The molecule has 3 aromatic rings. The summed E-state index contributed by atoms with van der Waals surface area (Å²) in [4.78, 5) is 29.6. The molecule has 0 radical (unpaired) electrons. The number of benzene rings is 1. The predicted molar refractivity (Wildman–Crippen MR) is 92.4 cm³/mol. The van der Waals surface area contributed by atoms with E-state index in [-0.39, 0.29) is 17.2 Å². The monoisotopic (exact) mass is 347 g/mol. The highest BCUT2D eigenvalue weighted by Gasteiger charge is 2.17. The van der Waals surface area contributed by atoms with Gasteiger partial charge in [-0.1, -0.05) is 23.7 Å². The van der Waals surface area contributed by atoms with Crippen LogP contribution in [0.3, 0.4) is 0 Å². The van der Waals surface area contributed by atoms with Crippen LogP contribution in [-0.4, -0.2) is 21.3 Å². The summed E-state index contributed by atoms with van der Waals surface area (Å²) in [6.07, 6.45) is 1.33. The summed E-state index contributed by atoms with van der Waals surface area (Å²) in [6, 6.07) is 7.12. The Labute approximate surface area is 141 Å². The topological polar surface area (TPSA) is 63.5 Å². The average Bonchev–Trinajstić information content (AvgIpc) is 2.92.